The summed E-state index contributed by atoms with van der Waals surface area (Å²) in [6.45, 7) is 0.689. The molecule has 0 fully saturated rings. The molecule has 2 aliphatic carbocycles. The third-order valence-corrected chi connectivity index (χ3v) is 6.40. The highest BCUT2D eigenvalue weighted by Gasteiger charge is 2.23. The van der Waals surface area contributed by atoms with E-state index >= 15 is 0 Å². The Morgan fingerprint density at radius 2 is 1.76 bits per heavy atom. The molecule has 4 heteroatoms. The van der Waals surface area contributed by atoms with Crippen LogP contribution in [0.15, 0.2) is 52.9 Å². The van der Waals surface area contributed by atoms with Crippen molar-refractivity contribution < 1.29 is 8.42 Å². The van der Waals surface area contributed by atoms with Crippen molar-refractivity contribution in [3.63, 3.8) is 0 Å². The van der Waals surface area contributed by atoms with Crippen molar-refractivity contribution in [1.82, 2.24) is 0 Å². The first-order chi connectivity index (χ1) is 12.0. The lowest BCUT2D eigenvalue weighted by molar-refractivity contribution is 0.602. The smallest absolute Gasteiger partial charge is 0.175 e. The van der Waals surface area contributed by atoms with E-state index in [0.717, 1.165) is 17.7 Å². The van der Waals surface area contributed by atoms with Crippen LogP contribution in [0.2, 0.25) is 0 Å². The van der Waals surface area contributed by atoms with Gasteiger partial charge in [0.05, 0.1) is 4.90 Å². The lowest BCUT2D eigenvalue weighted by atomic mass is 9.92. The topological polar surface area (TPSA) is 46.2 Å². The zero-order valence-electron chi connectivity index (χ0n) is 14.5. The van der Waals surface area contributed by atoms with Crippen LogP contribution in [0.25, 0.3) is 5.57 Å². The van der Waals surface area contributed by atoms with E-state index < -0.39 is 9.84 Å². The van der Waals surface area contributed by atoms with Crippen LogP contribution in [0.1, 0.15) is 42.4 Å². The molecule has 0 amide bonds. The SMILES string of the molecule is CS(=O)(=O)c1ccc(CNc2ccc3c(c2)C2=C(CCCC2)C3)cc1. The fraction of sp³-hybridized carbons (Fsp3) is 0.333. The lowest BCUT2D eigenvalue weighted by Gasteiger charge is -2.15. The van der Waals surface area contributed by atoms with Crippen LogP contribution in [0.3, 0.4) is 0 Å². The molecule has 0 heterocycles. The van der Waals surface area contributed by atoms with Gasteiger partial charge in [-0.3, -0.25) is 0 Å². The first-order valence-electron chi connectivity index (χ1n) is 8.88. The van der Waals surface area contributed by atoms with E-state index in [1.165, 1.54) is 43.1 Å². The third kappa shape index (κ3) is 3.36. The number of hydrogen-bond acceptors (Lipinski definition) is 3. The number of fused-ring (bicyclic) bond motifs is 2. The van der Waals surface area contributed by atoms with Crippen LogP contribution in [0, 0.1) is 0 Å². The van der Waals surface area contributed by atoms with Gasteiger partial charge in [0.25, 0.3) is 0 Å². The van der Waals surface area contributed by atoms with Crippen LogP contribution in [0.5, 0.6) is 0 Å². The minimum absolute atomic E-state index is 0.366. The molecule has 0 saturated carbocycles. The Bertz CT molecular complexity index is 940. The molecule has 0 saturated heterocycles. The second kappa shape index (κ2) is 6.34. The molecule has 0 aromatic heterocycles. The molecule has 0 spiro atoms. The summed E-state index contributed by atoms with van der Waals surface area (Å²) >= 11 is 0. The largest absolute Gasteiger partial charge is 0.381 e. The predicted octanol–water partition coefficient (Wildman–Crippen LogP) is 4.59. The third-order valence-electron chi connectivity index (χ3n) is 5.27. The minimum atomic E-state index is -3.13. The average molecular weight is 353 g/mol. The van der Waals surface area contributed by atoms with E-state index in [2.05, 4.69) is 23.5 Å². The molecule has 0 bridgehead atoms. The van der Waals surface area contributed by atoms with E-state index in [1.807, 2.05) is 12.1 Å². The van der Waals surface area contributed by atoms with Gasteiger partial charge < -0.3 is 5.32 Å². The first-order valence-corrected chi connectivity index (χ1v) is 10.8. The molecule has 0 aliphatic heterocycles. The minimum Gasteiger partial charge on any atom is -0.381 e. The summed E-state index contributed by atoms with van der Waals surface area (Å²) in [7, 11) is -3.13. The highest BCUT2D eigenvalue weighted by Crippen LogP contribution is 2.42. The van der Waals surface area contributed by atoms with Gasteiger partial charge in [-0.1, -0.05) is 23.8 Å². The average Bonchev–Trinajstić information content (AvgIpc) is 2.97. The number of rotatable bonds is 4. The van der Waals surface area contributed by atoms with Crippen molar-refractivity contribution in [2.24, 2.45) is 0 Å². The maximum atomic E-state index is 11.5. The van der Waals surface area contributed by atoms with E-state index in [1.54, 1.807) is 23.3 Å². The summed E-state index contributed by atoms with van der Waals surface area (Å²) in [5.41, 5.74) is 8.34. The number of nitrogens with one attached hydrogen (secondary N) is 1. The van der Waals surface area contributed by atoms with E-state index in [4.69, 9.17) is 0 Å². The molecule has 2 aliphatic rings. The Labute approximate surface area is 149 Å². The van der Waals surface area contributed by atoms with Crippen LogP contribution < -0.4 is 5.32 Å². The summed E-state index contributed by atoms with van der Waals surface area (Å²) in [4.78, 5) is 0.366. The summed E-state index contributed by atoms with van der Waals surface area (Å²) in [6, 6.07) is 13.8. The van der Waals surface area contributed by atoms with Gasteiger partial charge in [-0.05, 0) is 78.6 Å². The molecular formula is C21H23NO2S. The number of sulfone groups is 1. The van der Waals surface area contributed by atoms with Gasteiger partial charge in [0.15, 0.2) is 9.84 Å². The second-order valence-corrected chi connectivity index (χ2v) is 9.12. The number of hydrogen-bond donors (Lipinski definition) is 1. The van der Waals surface area contributed by atoms with Gasteiger partial charge in [-0.2, -0.15) is 0 Å². The molecular weight excluding hydrogens is 330 g/mol. The second-order valence-electron chi connectivity index (χ2n) is 7.11. The Balaban J connectivity index is 1.48. The fourth-order valence-electron chi connectivity index (χ4n) is 3.90. The summed E-state index contributed by atoms with van der Waals surface area (Å²) in [5.74, 6) is 0. The van der Waals surface area contributed by atoms with Gasteiger partial charge in [0.2, 0.25) is 0 Å². The molecule has 4 rings (SSSR count). The maximum Gasteiger partial charge on any atom is 0.175 e. The quantitative estimate of drug-likeness (QED) is 0.875. The Morgan fingerprint density at radius 3 is 2.52 bits per heavy atom. The van der Waals surface area contributed by atoms with Gasteiger partial charge in [0.1, 0.15) is 0 Å². The van der Waals surface area contributed by atoms with Crippen molar-refractivity contribution in [3.05, 3.63) is 64.7 Å². The van der Waals surface area contributed by atoms with Crippen molar-refractivity contribution in [2.45, 2.75) is 43.5 Å². The molecule has 2 aromatic rings. The van der Waals surface area contributed by atoms with E-state index in [0.29, 0.717) is 11.4 Å². The van der Waals surface area contributed by atoms with Crippen molar-refractivity contribution in [1.29, 1.82) is 0 Å². The monoisotopic (exact) mass is 353 g/mol. The normalized spacial score (nSPS) is 16.5. The molecule has 130 valence electrons. The zero-order valence-corrected chi connectivity index (χ0v) is 15.3. The highest BCUT2D eigenvalue weighted by molar-refractivity contribution is 7.90. The lowest BCUT2D eigenvalue weighted by Crippen LogP contribution is -2.02. The number of anilines is 1. The highest BCUT2D eigenvalue weighted by atomic mass is 32.2. The fourth-order valence-corrected chi connectivity index (χ4v) is 4.53. The van der Waals surface area contributed by atoms with Crippen molar-refractivity contribution >= 4 is 21.1 Å². The van der Waals surface area contributed by atoms with Crippen LogP contribution in [0.4, 0.5) is 5.69 Å². The van der Waals surface area contributed by atoms with Gasteiger partial charge in [-0.15, -0.1) is 0 Å². The van der Waals surface area contributed by atoms with Crippen molar-refractivity contribution in [3.8, 4) is 0 Å². The van der Waals surface area contributed by atoms with Crippen LogP contribution >= 0.6 is 0 Å². The molecule has 0 atom stereocenters. The Morgan fingerprint density at radius 1 is 1.00 bits per heavy atom. The molecule has 0 radical (unpaired) electrons. The zero-order chi connectivity index (χ0) is 17.4. The molecule has 0 unspecified atom stereocenters. The number of benzene rings is 2. The van der Waals surface area contributed by atoms with Crippen LogP contribution in [-0.4, -0.2) is 14.7 Å². The van der Waals surface area contributed by atoms with E-state index in [-0.39, 0.29) is 0 Å². The summed E-state index contributed by atoms with van der Waals surface area (Å²) < 4.78 is 23.1. The first kappa shape index (κ1) is 16.4. The van der Waals surface area contributed by atoms with Gasteiger partial charge in [0, 0.05) is 18.5 Å². The van der Waals surface area contributed by atoms with Crippen molar-refractivity contribution in [2.75, 3.05) is 11.6 Å². The van der Waals surface area contributed by atoms with Gasteiger partial charge >= 0.3 is 0 Å². The number of allylic oxidation sites excluding steroid dienone is 2. The van der Waals surface area contributed by atoms with Gasteiger partial charge in [-0.25, -0.2) is 8.42 Å². The van der Waals surface area contributed by atoms with Crippen LogP contribution in [-0.2, 0) is 22.8 Å². The summed E-state index contributed by atoms with van der Waals surface area (Å²) in [5, 5.41) is 3.47. The standard InChI is InChI=1S/C21H23NO2S/c1-25(23,24)19-10-6-15(7-11-19)14-22-18-9-8-17-12-16-4-2-3-5-20(16)21(17)13-18/h6-11,13,22H,2-5,12,14H2,1H3. The maximum absolute atomic E-state index is 11.5. The Kier molecular flexibility index (Phi) is 4.16. The Hall–Kier alpha value is -2.07. The molecule has 3 nitrogen and oxygen atoms in total. The molecule has 2 aromatic carbocycles. The summed E-state index contributed by atoms with van der Waals surface area (Å²) in [6.07, 6.45) is 7.50. The molecule has 1 N–H and O–H groups in total. The van der Waals surface area contributed by atoms with E-state index in [9.17, 15) is 8.42 Å². The predicted molar refractivity (Wildman–Crippen MR) is 102 cm³/mol. The molecule has 25 heavy (non-hydrogen) atoms.